The third kappa shape index (κ3) is 2.77. The second-order valence-corrected chi connectivity index (χ2v) is 6.15. The van der Waals surface area contributed by atoms with E-state index in [0.29, 0.717) is 6.54 Å². The van der Waals surface area contributed by atoms with Crippen molar-refractivity contribution in [2.24, 2.45) is 0 Å². The monoisotopic (exact) mass is 301 g/mol. The quantitative estimate of drug-likeness (QED) is 0.946. The average Bonchev–Trinajstić information content (AvgIpc) is 3.04. The maximum Gasteiger partial charge on any atom is 0.244 e. The third-order valence-electron chi connectivity index (χ3n) is 4.41. The molecule has 3 rings (SSSR count). The smallest absolute Gasteiger partial charge is 0.244 e. The van der Waals surface area contributed by atoms with Crippen LogP contribution in [0, 0.1) is 20.8 Å². The first kappa shape index (κ1) is 14.8. The van der Waals surface area contributed by atoms with Crippen molar-refractivity contribution in [3.8, 4) is 0 Å². The van der Waals surface area contributed by atoms with E-state index in [4.69, 9.17) is 0 Å². The number of aryl methyl sites for hydroxylation is 3. The van der Waals surface area contributed by atoms with Crippen LogP contribution in [-0.2, 0) is 11.3 Å². The summed E-state index contributed by atoms with van der Waals surface area (Å²) in [7, 11) is 0. The minimum absolute atomic E-state index is 0.112. The highest BCUT2D eigenvalue weighted by atomic mass is 16.2. The first-order valence-corrected chi connectivity index (χ1v) is 7.86. The maximum atomic E-state index is 12.8. The summed E-state index contributed by atoms with van der Waals surface area (Å²) >= 11 is 0. The van der Waals surface area contributed by atoms with Gasteiger partial charge in [-0.05, 0) is 51.7 Å². The Hall–Kier alpha value is -2.11. The van der Waals surface area contributed by atoms with E-state index < -0.39 is 0 Å². The molecule has 1 atom stereocenters. The normalized spacial score (nSPS) is 18.7. The Balaban J connectivity index is 1.80. The number of nitrogens with zero attached hydrogens (tertiary/aromatic N) is 4. The molecule has 1 aliphatic heterocycles. The number of likely N-dealkylation sites (tertiary alicyclic amines) is 1. The van der Waals surface area contributed by atoms with Crippen molar-refractivity contribution >= 4 is 5.91 Å². The number of amides is 1. The fraction of sp³-hybridized carbons (Fsp3) is 0.562. The van der Waals surface area contributed by atoms with Crippen molar-refractivity contribution in [2.75, 3.05) is 6.54 Å². The van der Waals surface area contributed by atoms with E-state index in [2.05, 4.69) is 15.3 Å². The number of carbonyl (C=O) groups excluding carboxylic acids is 1. The largest absolute Gasteiger partial charge is 0.332 e. The highest BCUT2D eigenvalue weighted by molar-refractivity contribution is 5.76. The summed E-state index contributed by atoms with van der Waals surface area (Å²) in [6, 6.07) is 2.11. The molecular weight excluding hydrogens is 278 g/mol. The molecule has 3 heterocycles. The van der Waals surface area contributed by atoms with Crippen molar-refractivity contribution in [1.82, 2.24) is 24.9 Å². The van der Waals surface area contributed by atoms with E-state index in [9.17, 15) is 4.79 Å². The molecule has 1 N–H and O–H groups in total. The summed E-state index contributed by atoms with van der Waals surface area (Å²) in [4.78, 5) is 14.8. The molecular formula is C16H23N5O. The Morgan fingerprint density at radius 2 is 2.18 bits per heavy atom. The number of hydrogen-bond acceptors (Lipinski definition) is 3. The number of hydrogen-bond donors (Lipinski definition) is 1. The first-order valence-electron chi connectivity index (χ1n) is 7.86. The molecule has 0 bridgehead atoms. The van der Waals surface area contributed by atoms with Gasteiger partial charge in [0.05, 0.1) is 23.6 Å². The van der Waals surface area contributed by atoms with E-state index in [1.807, 2.05) is 37.9 Å². The molecule has 2 aromatic rings. The third-order valence-corrected chi connectivity index (χ3v) is 4.41. The Labute approximate surface area is 130 Å². The average molecular weight is 301 g/mol. The van der Waals surface area contributed by atoms with Crippen molar-refractivity contribution < 1.29 is 4.79 Å². The van der Waals surface area contributed by atoms with Gasteiger partial charge >= 0.3 is 0 Å². The zero-order valence-corrected chi connectivity index (χ0v) is 13.5. The number of rotatable bonds is 3. The van der Waals surface area contributed by atoms with Crippen LogP contribution in [-0.4, -0.2) is 37.3 Å². The van der Waals surface area contributed by atoms with Gasteiger partial charge in [0.1, 0.15) is 6.54 Å². The Bertz CT molecular complexity index is 672. The van der Waals surface area contributed by atoms with E-state index in [-0.39, 0.29) is 11.9 Å². The van der Waals surface area contributed by atoms with Crippen LogP contribution in [0.25, 0.3) is 0 Å². The van der Waals surface area contributed by atoms with Crippen LogP contribution in [0.2, 0.25) is 0 Å². The Morgan fingerprint density at radius 1 is 1.36 bits per heavy atom. The van der Waals surface area contributed by atoms with Gasteiger partial charge in [-0.1, -0.05) is 0 Å². The lowest BCUT2D eigenvalue weighted by Crippen LogP contribution is -2.41. The molecule has 1 saturated heterocycles. The predicted molar refractivity (Wildman–Crippen MR) is 83.3 cm³/mol. The van der Waals surface area contributed by atoms with E-state index in [1.165, 1.54) is 0 Å². The second kappa shape index (κ2) is 5.94. The molecule has 118 valence electrons. The van der Waals surface area contributed by atoms with Crippen LogP contribution in [0.15, 0.2) is 12.3 Å². The van der Waals surface area contributed by atoms with Crippen LogP contribution < -0.4 is 0 Å². The van der Waals surface area contributed by atoms with Gasteiger partial charge in [-0.15, -0.1) is 0 Å². The van der Waals surface area contributed by atoms with E-state index >= 15 is 0 Å². The highest BCUT2D eigenvalue weighted by Gasteiger charge is 2.30. The van der Waals surface area contributed by atoms with Crippen molar-refractivity contribution in [2.45, 2.75) is 52.6 Å². The Kier molecular flexibility index (Phi) is 4.00. The number of aromatic amines is 1. The molecule has 1 fully saturated rings. The fourth-order valence-electron chi connectivity index (χ4n) is 3.28. The van der Waals surface area contributed by atoms with E-state index in [0.717, 1.165) is 48.5 Å². The molecule has 1 aliphatic rings. The van der Waals surface area contributed by atoms with Crippen molar-refractivity contribution in [3.05, 3.63) is 34.9 Å². The number of H-pyrrole nitrogens is 1. The van der Waals surface area contributed by atoms with Gasteiger partial charge in [0.25, 0.3) is 0 Å². The molecule has 0 radical (unpaired) electrons. The first-order chi connectivity index (χ1) is 10.6. The van der Waals surface area contributed by atoms with Crippen LogP contribution in [0.4, 0.5) is 0 Å². The van der Waals surface area contributed by atoms with Crippen LogP contribution in [0.5, 0.6) is 0 Å². The molecule has 0 spiro atoms. The van der Waals surface area contributed by atoms with Crippen LogP contribution >= 0.6 is 0 Å². The minimum atomic E-state index is 0.112. The lowest BCUT2D eigenvalue weighted by atomic mass is 9.97. The van der Waals surface area contributed by atoms with Crippen molar-refractivity contribution in [1.29, 1.82) is 0 Å². The fourth-order valence-corrected chi connectivity index (χ4v) is 3.28. The molecule has 6 heteroatoms. The van der Waals surface area contributed by atoms with Gasteiger partial charge in [-0.25, -0.2) is 0 Å². The summed E-state index contributed by atoms with van der Waals surface area (Å²) in [6.45, 7) is 7.09. The van der Waals surface area contributed by atoms with Crippen LogP contribution in [0.3, 0.4) is 0 Å². The summed E-state index contributed by atoms with van der Waals surface area (Å²) in [5.74, 6) is 0.130. The van der Waals surface area contributed by atoms with Gasteiger partial charge in [0.15, 0.2) is 0 Å². The maximum absolute atomic E-state index is 12.8. The molecule has 0 aliphatic carbocycles. The van der Waals surface area contributed by atoms with Gasteiger partial charge < -0.3 is 4.90 Å². The van der Waals surface area contributed by atoms with E-state index in [1.54, 1.807) is 4.68 Å². The molecule has 0 aromatic carbocycles. The second-order valence-electron chi connectivity index (χ2n) is 6.15. The molecule has 6 nitrogen and oxygen atoms in total. The summed E-state index contributed by atoms with van der Waals surface area (Å²) in [5, 5.41) is 11.6. The van der Waals surface area contributed by atoms with Gasteiger partial charge in [-0.2, -0.15) is 10.2 Å². The Morgan fingerprint density at radius 3 is 2.82 bits per heavy atom. The zero-order valence-electron chi connectivity index (χ0n) is 13.5. The molecule has 2 aromatic heterocycles. The van der Waals surface area contributed by atoms with Gasteiger partial charge in [0.2, 0.25) is 5.91 Å². The summed E-state index contributed by atoms with van der Waals surface area (Å²) in [6.07, 6.45) is 5.03. The predicted octanol–water partition coefficient (Wildman–Crippen LogP) is 2.29. The zero-order chi connectivity index (χ0) is 15.7. The molecule has 0 unspecified atom stereocenters. The lowest BCUT2D eigenvalue weighted by molar-refractivity contribution is -0.136. The van der Waals surface area contributed by atoms with Gasteiger partial charge in [0, 0.05) is 12.2 Å². The van der Waals surface area contributed by atoms with Crippen molar-refractivity contribution in [3.63, 3.8) is 0 Å². The summed E-state index contributed by atoms with van der Waals surface area (Å²) < 4.78 is 1.79. The lowest BCUT2D eigenvalue weighted by Gasteiger charge is -2.35. The topological polar surface area (TPSA) is 66.8 Å². The highest BCUT2D eigenvalue weighted by Crippen LogP contribution is 2.31. The molecule has 1 amide bonds. The number of aromatic nitrogens is 4. The van der Waals surface area contributed by atoms with Crippen LogP contribution in [0.1, 0.15) is 47.9 Å². The number of carbonyl (C=O) groups is 1. The number of nitrogens with one attached hydrogen (secondary N) is 1. The van der Waals surface area contributed by atoms with Gasteiger partial charge in [-0.3, -0.25) is 14.6 Å². The minimum Gasteiger partial charge on any atom is -0.332 e. The molecule has 22 heavy (non-hydrogen) atoms. The summed E-state index contributed by atoms with van der Waals surface area (Å²) in [5.41, 5.74) is 4.17. The number of piperidine rings is 1. The molecule has 0 saturated carbocycles. The SMILES string of the molecule is Cc1cc(C)n(CC(=O)N2CCCC[C@@H]2c2[nH]ncc2C)n1. The standard InChI is InChI=1S/C16H23N5O/c1-11-9-17-18-16(11)14-6-4-5-7-20(14)15(22)10-21-13(3)8-12(2)19-21/h8-9,14H,4-7,10H2,1-3H3,(H,17,18)/t14-/m1/s1.